The molecule has 1 aromatic heterocycles. The summed E-state index contributed by atoms with van der Waals surface area (Å²) < 4.78 is 44.8. The van der Waals surface area contributed by atoms with Crippen molar-refractivity contribution in [2.24, 2.45) is 0 Å². The summed E-state index contributed by atoms with van der Waals surface area (Å²) in [5.74, 6) is -0.701. The molecule has 0 N–H and O–H groups in total. The Morgan fingerprint density at radius 2 is 1.42 bits per heavy atom. The monoisotopic (exact) mass is 539 g/mol. The molecule has 1 aliphatic heterocycles. The van der Waals surface area contributed by atoms with Crippen LogP contribution in [0.5, 0.6) is 0 Å². The van der Waals surface area contributed by atoms with E-state index in [2.05, 4.69) is 0 Å². The minimum absolute atomic E-state index is 0.130. The van der Waals surface area contributed by atoms with Gasteiger partial charge in [0.05, 0.1) is 22.5 Å². The van der Waals surface area contributed by atoms with Crippen LogP contribution in [0.1, 0.15) is 28.8 Å². The number of aromatic nitrogens is 1. The standard InChI is InChI=1S/C26H16Cl2FN3O3S/c27-19-8-4-16(5-9-19)25-26(17-6-10-20(28)11-7-17)32(23-2-1-3-24(33)31(23)25)36(34,35)21-12-13-22(29)18(14-21)15-30/h1-14,25-26H. The number of nitriles is 1. The normalized spacial score (nSPS) is 17.0. The van der Waals surface area contributed by atoms with Gasteiger partial charge < -0.3 is 0 Å². The quantitative estimate of drug-likeness (QED) is 0.332. The third-order valence-corrected chi connectivity index (χ3v) is 8.35. The molecule has 10 heteroatoms. The fraction of sp³-hybridized carbons (Fsp3) is 0.0769. The van der Waals surface area contributed by atoms with E-state index in [1.807, 2.05) is 0 Å². The van der Waals surface area contributed by atoms with Gasteiger partial charge in [-0.1, -0.05) is 53.5 Å². The van der Waals surface area contributed by atoms with Crippen LogP contribution in [0.4, 0.5) is 10.2 Å². The number of halogens is 3. The molecule has 180 valence electrons. The van der Waals surface area contributed by atoms with Crippen molar-refractivity contribution in [3.8, 4) is 6.07 Å². The van der Waals surface area contributed by atoms with E-state index in [-0.39, 0.29) is 10.7 Å². The van der Waals surface area contributed by atoms with E-state index in [4.69, 9.17) is 23.2 Å². The molecule has 4 aromatic rings. The van der Waals surface area contributed by atoms with Crippen LogP contribution in [0.25, 0.3) is 0 Å². The van der Waals surface area contributed by atoms with E-state index in [1.165, 1.54) is 22.8 Å². The summed E-state index contributed by atoms with van der Waals surface area (Å²) in [5, 5.41) is 10.2. The lowest BCUT2D eigenvalue weighted by molar-refractivity contribution is 0.529. The molecule has 6 nitrogen and oxygen atoms in total. The van der Waals surface area contributed by atoms with Gasteiger partial charge >= 0.3 is 0 Å². The number of pyridine rings is 1. The van der Waals surface area contributed by atoms with Gasteiger partial charge in [0.15, 0.2) is 0 Å². The van der Waals surface area contributed by atoms with Gasteiger partial charge in [0.25, 0.3) is 15.6 Å². The topological polar surface area (TPSA) is 83.2 Å². The van der Waals surface area contributed by atoms with E-state index in [0.717, 1.165) is 22.5 Å². The molecule has 5 rings (SSSR count). The summed E-state index contributed by atoms with van der Waals surface area (Å²) in [7, 11) is -4.38. The summed E-state index contributed by atoms with van der Waals surface area (Å²) in [6, 6.07) is 20.9. The Bertz CT molecular complexity index is 1680. The first-order valence-electron chi connectivity index (χ1n) is 10.7. The molecular weight excluding hydrogens is 524 g/mol. The number of rotatable bonds is 4. The Hall–Kier alpha value is -3.64. The Morgan fingerprint density at radius 1 is 0.833 bits per heavy atom. The molecule has 1 aliphatic rings. The van der Waals surface area contributed by atoms with Crippen molar-refractivity contribution in [2.75, 3.05) is 4.31 Å². The van der Waals surface area contributed by atoms with Crippen molar-refractivity contribution in [3.63, 3.8) is 0 Å². The van der Waals surface area contributed by atoms with Crippen LogP contribution in [-0.2, 0) is 10.0 Å². The van der Waals surface area contributed by atoms with Crippen LogP contribution in [-0.4, -0.2) is 13.0 Å². The number of benzene rings is 3. The maximum atomic E-state index is 14.1. The number of hydrogen-bond donors (Lipinski definition) is 0. The van der Waals surface area contributed by atoms with Crippen molar-refractivity contribution < 1.29 is 12.8 Å². The van der Waals surface area contributed by atoms with Crippen LogP contribution < -0.4 is 9.86 Å². The zero-order valence-corrected chi connectivity index (χ0v) is 20.7. The molecular formula is C26H16Cl2FN3O3S. The zero-order valence-electron chi connectivity index (χ0n) is 18.3. The second-order valence-corrected chi connectivity index (χ2v) is 10.8. The molecule has 0 fully saturated rings. The first-order chi connectivity index (χ1) is 17.2. The smallest absolute Gasteiger partial charge is 0.266 e. The molecule has 3 aromatic carbocycles. The van der Waals surface area contributed by atoms with Gasteiger partial charge in [-0.3, -0.25) is 9.36 Å². The molecule has 0 aliphatic carbocycles. The van der Waals surface area contributed by atoms with Crippen molar-refractivity contribution in [2.45, 2.75) is 17.0 Å². The lowest BCUT2D eigenvalue weighted by Crippen LogP contribution is -2.33. The maximum Gasteiger partial charge on any atom is 0.266 e. The first kappa shape index (κ1) is 24.1. The highest BCUT2D eigenvalue weighted by Crippen LogP contribution is 2.49. The van der Waals surface area contributed by atoms with Gasteiger partial charge in [-0.05, 0) is 59.7 Å². The van der Waals surface area contributed by atoms with Gasteiger partial charge in [-0.15, -0.1) is 0 Å². The average Bonchev–Trinajstić information content (AvgIpc) is 3.22. The summed E-state index contributed by atoms with van der Waals surface area (Å²) >= 11 is 12.2. The highest BCUT2D eigenvalue weighted by atomic mass is 35.5. The van der Waals surface area contributed by atoms with E-state index in [1.54, 1.807) is 54.6 Å². The summed E-state index contributed by atoms with van der Waals surface area (Å²) in [4.78, 5) is 12.9. The largest absolute Gasteiger partial charge is 0.284 e. The van der Waals surface area contributed by atoms with Crippen LogP contribution in [0.15, 0.2) is 94.6 Å². The van der Waals surface area contributed by atoms with E-state index in [9.17, 15) is 22.9 Å². The second kappa shape index (κ2) is 9.10. The Kier molecular flexibility index (Phi) is 6.08. The van der Waals surface area contributed by atoms with Crippen molar-refractivity contribution in [3.05, 3.63) is 128 Å². The Morgan fingerprint density at radius 3 is 2.00 bits per heavy atom. The number of hydrogen-bond acceptors (Lipinski definition) is 4. The number of fused-ring (bicyclic) bond motifs is 1. The van der Waals surface area contributed by atoms with Gasteiger partial charge in [-0.2, -0.15) is 5.26 Å². The third-order valence-electron chi connectivity index (χ3n) is 6.06. The minimum Gasteiger partial charge on any atom is -0.284 e. The highest BCUT2D eigenvalue weighted by Gasteiger charge is 2.47. The summed E-state index contributed by atoms with van der Waals surface area (Å²) in [5.41, 5.74) is 0.427. The Balaban J connectivity index is 1.81. The van der Waals surface area contributed by atoms with Crippen LogP contribution >= 0.6 is 23.2 Å². The molecule has 0 saturated carbocycles. The third kappa shape index (κ3) is 3.95. The lowest BCUT2D eigenvalue weighted by atomic mass is 9.94. The fourth-order valence-corrected chi connectivity index (χ4v) is 6.38. The molecule has 36 heavy (non-hydrogen) atoms. The highest BCUT2D eigenvalue weighted by molar-refractivity contribution is 7.92. The number of nitrogens with zero attached hydrogens (tertiary/aromatic N) is 3. The van der Waals surface area contributed by atoms with Gasteiger partial charge in [0.1, 0.15) is 17.7 Å². The summed E-state index contributed by atoms with van der Waals surface area (Å²) in [6.45, 7) is 0. The van der Waals surface area contributed by atoms with E-state index < -0.39 is 39.0 Å². The molecule has 0 spiro atoms. The summed E-state index contributed by atoms with van der Waals surface area (Å²) in [6.07, 6.45) is 0. The maximum absolute atomic E-state index is 14.1. The predicted molar refractivity (Wildman–Crippen MR) is 135 cm³/mol. The Labute approximate surface area is 216 Å². The van der Waals surface area contributed by atoms with Crippen LogP contribution in [0, 0.1) is 17.1 Å². The van der Waals surface area contributed by atoms with Gasteiger partial charge in [0, 0.05) is 16.1 Å². The van der Waals surface area contributed by atoms with Crippen molar-refractivity contribution in [1.29, 1.82) is 5.26 Å². The molecule has 0 bridgehead atoms. The number of sulfonamides is 1. The molecule has 0 saturated heterocycles. The molecule has 2 atom stereocenters. The van der Waals surface area contributed by atoms with Gasteiger partial charge in [-0.25, -0.2) is 17.1 Å². The zero-order chi connectivity index (χ0) is 25.6. The second-order valence-electron chi connectivity index (χ2n) is 8.14. The van der Waals surface area contributed by atoms with E-state index in [0.29, 0.717) is 21.2 Å². The fourth-order valence-electron chi connectivity index (χ4n) is 4.47. The molecule has 2 unspecified atom stereocenters. The molecule has 0 amide bonds. The van der Waals surface area contributed by atoms with E-state index >= 15 is 0 Å². The van der Waals surface area contributed by atoms with Crippen LogP contribution in [0.2, 0.25) is 10.0 Å². The van der Waals surface area contributed by atoms with Crippen molar-refractivity contribution in [1.82, 2.24) is 4.57 Å². The molecule has 0 radical (unpaired) electrons. The van der Waals surface area contributed by atoms with Gasteiger partial charge in [0.2, 0.25) is 0 Å². The minimum atomic E-state index is -4.38. The average molecular weight is 540 g/mol. The first-order valence-corrected chi connectivity index (χ1v) is 12.9. The SMILES string of the molecule is N#Cc1cc(S(=O)(=O)N2c3cccc(=O)n3C(c3ccc(Cl)cc3)C2c2ccc(Cl)cc2)ccc1F. The predicted octanol–water partition coefficient (Wildman–Crippen LogP) is 5.71. The van der Waals surface area contributed by atoms with Crippen LogP contribution in [0.3, 0.4) is 0 Å². The van der Waals surface area contributed by atoms with Crippen molar-refractivity contribution >= 4 is 39.0 Å². The molecule has 2 heterocycles. The lowest BCUT2D eigenvalue weighted by Gasteiger charge is -2.29. The number of anilines is 1.